The summed E-state index contributed by atoms with van der Waals surface area (Å²) >= 11 is 3.66. The molecule has 1 unspecified atom stereocenters. The van der Waals surface area contributed by atoms with Crippen molar-refractivity contribution in [2.75, 3.05) is 32.0 Å². The van der Waals surface area contributed by atoms with Gasteiger partial charge in [-0.15, -0.1) is 0 Å². The SMILES string of the molecule is Cc1ccc2ncc(-c3cnn4c(N)c(Br)c(C(C)N5CCOCC5)nc34)cc2c1. The van der Waals surface area contributed by atoms with Crippen molar-refractivity contribution in [1.82, 2.24) is 24.5 Å². The Morgan fingerprint density at radius 3 is 2.77 bits per heavy atom. The third kappa shape index (κ3) is 3.25. The summed E-state index contributed by atoms with van der Waals surface area (Å²) in [5.41, 5.74) is 12.2. The van der Waals surface area contributed by atoms with Crippen LogP contribution in [0.25, 0.3) is 27.7 Å². The number of rotatable bonds is 3. The van der Waals surface area contributed by atoms with Crippen molar-refractivity contribution >= 4 is 38.3 Å². The number of hydrogen-bond acceptors (Lipinski definition) is 6. The number of nitrogen functional groups attached to an aromatic ring is 1. The molecule has 8 heteroatoms. The normalized spacial score (nSPS) is 16.4. The summed E-state index contributed by atoms with van der Waals surface area (Å²) in [6.07, 6.45) is 3.69. The van der Waals surface area contributed by atoms with Crippen LogP contribution in [0.4, 0.5) is 5.82 Å². The number of benzene rings is 1. The lowest BCUT2D eigenvalue weighted by molar-refractivity contribution is 0.0189. The molecule has 1 fully saturated rings. The van der Waals surface area contributed by atoms with E-state index in [2.05, 4.69) is 63.0 Å². The lowest BCUT2D eigenvalue weighted by atomic mass is 10.1. The maximum absolute atomic E-state index is 6.44. The smallest absolute Gasteiger partial charge is 0.165 e. The van der Waals surface area contributed by atoms with Crippen molar-refractivity contribution in [3.05, 3.63) is 52.4 Å². The molecule has 4 heterocycles. The molecule has 3 aromatic heterocycles. The van der Waals surface area contributed by atoms with Gasteiger partial charge in [0, 0.05) is 35.8 Å². The highest BCUT2D eigenvalue weighted by atomic mass is 79.9. The number of ether oxygens (including phenoxy) is 1. The van der Waals surface area contributed by atoms with E-state index in [4.69, 9.17) is 15.5 Å². The summed E-state index contributed by atoms with van der Waals surface area (Å²) < 4.78 is 7.98. The largest absolute Gasteiger partial charge is 0.383 e. The van der Waals surface area contributed by atoms with E-state index in [-0.39, 0.29) is 6.04 Å². The van der Waals surface area contributed by atoms with Gasteiger partial charge in [-0.2, -0.15) is 9.61 Å². The van der Waals surface area contributed by atoms with Crippen LogP contribution in [0.2, 0.25) is 0 Å². The lowest BCUT2D eigenvalue weighted by Crippen LogP contribution is -2.38. The van der Waals surface area contributed by atoms with Gasteiger partial charge in [-0.3, -0.25) is 9.88 Å². The minimum atomic E-state index is 0.107. The molecule has 0 saturated carbocycles. The molecule has 1 atom stereocenters. The number of halogens is 1. The molecule has 1 aliphatic rings. The van der Waals surface area contributed by atoms with Gasteiger partial charge in [-0.1, -0.05) is 11.6 Å². The van der Waals surface area contributed by atoms with Crippen molar-refractivity contribution < 1.29 is 4.74 Å². The zero-order chi connectivity index (χ0) is 20.8. The first kappa shape index (κ1) is 19.4. The summed E-state index contributed by atoms with van der Waals surface area (Å²) in [6.45, 7) is 7.46. The molecule has 1 saturated heterocycles. The molecule has 1 aromatic carbocycles. The van der Waals surface area contributed by atoms with Gasteiger partial charge < -0.3 is 10.5 Å². The number of aryl methyl sites for hydroxylation is 1. The molecule has 0 radical (unpaired) electrons. The standard InChI is InChI=1S/C22H23BrN6O/c1-13-3-4-18-15(9-13)10-16(11-25-18)17-12-26-29-21(24)19(23)20(27-22(17)29)14(2)28-5-7-30-8-6-28/h3-4,9-12,14H,5-8,24H2,1-2H3. The Hall–Kier alpha value is -2.55. The van der Waals surface area contributed by atoms with E-state index in [1.54, 1.807) is 4.52 Å². The number of pyridine rings is 1. The molecule has 4 aromatic rings. The second-order valence-corrected chi connectivity index (χ2v) is 8.53. The van der Waals surface area contributed by atoms with Crippen molar-refractivity contribution in [3.63, 3.8) is 0 Å². The second kappa shape index (κ2) is 7.61. The Bertz CT molecular complexity index is 1250. The van der Waals surface area contributed by atoms with Crippen LogP contribution in [0, 0.1) is 6.92 Å². The Morgan fingerprint density at radius 2 is 1.97 bits per heavy atom. The van der Waals surface area contributed by atoms with E-state index in [9.17, 15) is 0 Å². The van der Waals surface area contributed by atoms with Gasteiger partial charge in [0.15, 0.2) is 5.65 Å². The summed E-state index contributed by atoms with van der Waals surface area (Å²) in [4.78, 5) is 12.0. The van der Waals surface area contributed by atoms with Crippen LogP contribution in [0.5, 0.6) is 0 Å². The van der Waals surface area contributed by atoms with Gasteiger partial charge in [0.2, 0.25) is 0 Å². The first-order valence-electron chi connectivity index (χ1n) is 10.0. The zero-order valence-corrected chi connectivity index (χ0v) is 18.6. The zero-order valence-electron chi connectivity index (χ0n) is 17.0. The van der Waals surface area contributed by atoms with Gasteiger partial charge in [0.05, 0.1) is 41.1 Å². The predicted octanol–water partition coefficient (Wildman–Crippen LogP) is 3.99. The molecular weight excluding hydrogens is 444 g/mol. The molecule has 0 amide bonds. The van der Waals surface area contributed by atoms with Gasteiger partial charge >= 0.3 is 0 Å². The molecule has 30 heavy (non-hydrogen) atoms. The van der Waals surface area contributed by atoms with Crippen LogP contribution in [-0.4, -0.2) is 50.8 Å². The minimum Gasteiger partial charge on any atom is -0.383 e. The number of fused-ring (bicyclic) bond motifs is 2. The van der Waals surface area contributed by atoms with Gasteiger partial charge in [0.25, 0.3) is 0 Å². The first-order valence-corrected chi connectivity index (χ1v) is 10.8. The maximum atomic E-state index is 6.44. The van der Waals surface area contributed by atoms with Crippen molar-refractivity contribution in [1.29, 1.82) is 0 Å². The van der Waals surface area contributed by atoms with E-state index in [1.165, 1.54) is 5.56 Å². The van der Waals surface area contributed by atoms with Crippen molar-refractivity contribution in [2.24, 2.45) is 0 Å². The average molecular weight is 467 g/mol. The monoisotopic (exact) mass is 466 g/mol. The summed E-state index contributed by atoms with van der Waals surface area (Å²) in [5.74, 6) is 0.547. The highest BCUT2D eigenvalue weighted by Crippen LogP contribution is 2.34. The van der Waals surface area contributed by atoms with Crippen molar-refractivity contribution in [3.8, 4) is 11.1 Å². The third-order valence-electron chi connectivity index (χ3n) is 5.79. The number of nitrogens with zero attached hydrogens (tertiary/aromatic N) is 5. The molecule has 0 spiro atoms. The van der Waals surface area contributed by atoms with Crippen LogP contribution < -0.4 is 5.73 Å². The number of anilines is 1. The molecule has 2 N–H and O–H groups in total. The number of nitrogens with two attached hydrogens (primary N) is 1. The Kier molecular flexibility index (Phi) is 4.92. The molecule has 5 rings (SSSR count). The van der Waals surface area contributed by atoms with Crippen LogP contribution in [-0.2, 0) is 4.74 Å². The highest BCUT2D eigenvalue weighted by Gasteiger charge is 2.25. The van der Waals surface area contributed by atoms with E-state index in [0.717, 1.165) is 64.1 Å². The number of morpholine rings is 1. The third-order valence-corrected chi connectivity index (χ3v) is 6.60. The van der Waals surface area contributed by atoms with Crippen LogP contribution in [0.15, 0.2) is 41.1 Å². The molecule has 154 valence electrons. The molecule has 0 aliphatic carbocycles. The Morgan fingerprint density at radius 1 is 1.17 bits per heavy atom. The predicted molar refractivity (Wildman–Crippen MR) is 121 cm³/mol. The number of hydrogen-bond donors (Lipinski definition) is 1. The second-order valence-electron chi connectivity index (χ2n) is 7.73. The Balaban J connectivity index is 1.64. The summed E-state index contributed by atoms with van der Waals surface area (Å²) in [6, 6.07) is 8.50. The van der Waals surface area contributed by atoms with Crippen LogP contribution in [0.1, 0.15) is 24.2 Å². The molecule has 7 nitrogen and oxygen atoms in total. The highest BCUT2D eigenvalue weighted by molar-refractivity contribution is 9.10. The fourth-order valence-corrected chi connectivity index (χ4v) is 4.62. The Labute approximate surface area is 183 Å². The summed E-state index contributed by atoms with van der Waals surface area (Å²) in [5, 5.41) is 5.60. The topological polar surface area (TPSA) is 81.6 Å². The maximum Gasteiger partial charge on any atom is 0.165 e. The van der Waals surface area contributed by atoms with E-state index in [1.807, 2.05) is 18.5 Å². The quantitative estimate of drug-likeness (QED) is 0.491. The molecule has 1 aliphatic heterocycles. The fraction of sp³-hybridized carbons (Fsp3) is 0.318. The lowest BCUT2D eigenvalue weighted by Gasteiger charge is -2.32. The summed E-state index contributed by atoms with van der Waals surface area (Å²) in [7, 11) is 0. The van der Waals surface area contributed by atoms with Gasteiger partial charge in [-0.05, 0) is 48.0 Å². The first-order chi connectivity index (χ1) is 14.5. The van der Waals surface area contributed by atoms with Gasteiger partial charge in [-0.25, -0.2) is 4.98 Å². The van der Waals surface area contributed by atoms with Crippen LogP contribution >= 0.6 is 15.9 Å². The van der Waals surface area contributed by atoms with Crippen molar-refractivity contribution in [2.45, 2.75) is 19.9 Å². The van der Waals surface area contributed by atoms with Crippen LogP contribution in [0.3, 0.4) is 0 Å². The molecule has 0 bridgehead atoms. The van der Waals surface area contributed by atoms with E-state index in [0.29, 0.717) is 5.82 Å². The minimum absolute atomic E-state index is 0.107. The van der Waals surface area contributed by atoms with E-state index >= 15 is 0 Å². The van der Waals surface area contributed by atoms with Gasteiger partial charge in [0.1, 0.15) is 5.82 Å². The average Bonchev–Trinajstić information content (AvgIpc) is 3.20. The van der Waals surface area contributed by atoms with E-state index < -0.39 is 0 Å². The number of aromatic nitrogens is 4. The molecular formula is C22H23BrN6O. The fourth-order valence-electron chi connectivity index (χ4n) is 4.03.